The maximum atomic E-state index is 12.7. The summed E-state index contributed by atoms with van der Waals surface area (Å²) in [6.07, 6.45) is -4.14. The highest BCUT2D eigenvalue weighted by Gasteiger charge is 2.40. The van der Waals surface area contributed by atoms with Crippen LogP contribution < -0.4 is 10.1 Å². The largest absolute Gasteiger partial charge is 0.573 e. The number of fused-ring (bicyclic) bond motifs is 1. The molecule has 0 bridgehead atoms. The Morgan fingerprint density at radius 3 is 2.69 bits per heavy atom. The van der Waals surface area contributed by atoms with Crippen LogP contribution in [0.4, 0.5) is 18.0 Å². The minimum Gasteiger partial charge on any atom is -0.405 e. The van der Waals surface area contributed by atoms with Gasteiger partial charge in [0, 0.05) is 32.1 Å². The van der Waals surface area contributed by atoms with E-state index in [1.54, 1.807) is 21.9 Å². The van der Waals surface area contributed by atoms with Gasteiger partial charge in [0.15, 0.2) is 0 Å². The summed E-state index contributed by atoms with van der Waals surface area (Å²) in [5.41, 5.74) is 0.835. The molecule has 11 heteroatoms. The van der Waals surface area contributed by atoms with Crippen molar-refractivity contribution in [3.8, 4) is 5.75 Å². The van der Waals surface area contributed by atoms with Crippen LogP contribution in [0.1, 0.15) is 17.9 Å². The molecule has 0 radical (unpaired) electrons. The summed E-state index contributed by atoms with van der Waals surface area (Å²) >= 11 is 3.11. The van der Waals surface area contributed by atoms with Crippen LogP contribution in [-0.4, -0.2) is 73.0 Å². The number of urea groups is 1. The lowest BCUT2D eigenvalue weighted by Crippen LogP contribution is -2.63. The molecule has 3 fully saturated rings. The van der Waals surface area contributed by atoms with E-state index in [2.05, 4.69) is 26.0 Å². The Balaban J connectivity index is 1.32. The molecule has 7 nitrogen and oxygen atoms in total. The van der Waals surface area contributed by atoms with Gasteiger partial charge < -0.3 is 24.6 Å². The van der Waals surface area contributed by atoms with Crippen LogP contribution in [-0.2, 0) is 9.53 Å². The van der Waals surface area contributed by atoms with Gasteiger partial charge in [0.25, 0.3) is 0 Å². The molecule has 3 saturated heterocycles. The molecule has 0 unspecified atom stereocenters. The number of halogens is 4. The van der Waals surface area contributed by atoms with Crippen molar-refractivity contribution in [2.24, 2.45) is 0 Å². The van der Waals surface area contributed by atoms with Crippen LogP contribution in [0.15, 0.2) is 22.7 Å². The lowest BCUT2D eigenvalue weighted by molar-refractivity contribution is -0.274. The van der Waals surface area contributed by atoms with Gasteiger partial charge in [0.05, 0.1) is 16.6 Å². The highest BCUT2D eigenvalue weighted by Crippen LogP contribution is 2.36. The third-order valence-corrected chi connectivity index (χ3v) is 6.02. The molecule has 3 heterocycles. The van der Waals surface area contributed by atoms with Crippen LogP contribution >= 0.6 is 15.9 Å². The average molecular weight is 478 g/mol. The predicted octanol–water partition coefficient (Wildman–Crippen LogP) is 2.46. The molecular formula is C18H19BrF3N3O4. The number of likely N-dealkylation sites (tertiary alicyclic amines) is 2. The first-order chi connectivity index (χ1) is 13.7. The van der Waals surface area contributed by atoms with E-state index < -0.39 is 6.36 Å². The first-order valence-electron chi connectivity index (χ1n) is 9.19. The van der Waals surface area contributed by atoms with E-state index in [9.17, 15) is 22.8 Å². The highest BCUT2D eigenvalue weighted by molar-refractivity contribution is 9.10. The van der Waals surface area contributed by atoms with Crippen LogP contribution in [0, 0.1) is 0 Å². The minimum atomic E-state index is -4.75. The quantitative estimate of drug-likeness (QED) is 0.710. The molecular weight excluding hydrogens is 459 g/mol. The Kier molecular flexibility index (Phi) is 5.36. The van der Waals surface area contributed by atoms with E-state index in [1.807, 2.05) is 0 Å². The molecule has 0 spiro atoms. The summed E-state index contributed by atoms with van der Waals surface area (Å²) in [5, 5.41) is 2.87. The molecule has 1 aromatic rings. The standard InChI is InChI=1S/C18H19BrF3N3O4/c19-12-5-10(1-2-14(12)29-18(20,21)22)11-6-25(7-11)17(27)24-4-3-15-13(8-24)23-16(26)9-28-15/h1-2,5,11,13,15H,3-4,6-9H2,(H,23,26)/t13-,15+/m1/s1. The Hall–Kier alpha value is -2.01. The number of benzene rings is 1. The monoisotopic (exact) mass is 477 g/mol. The van der Waals surface area contributed by atoms with E-state index in [0.717, 1.165) is 5.56 Å². The third kappa shape index (κ3) is 4.45. The van der Waals surface area contributed by atoms with Crippen molar-refractivity contribution < 1.29 is 32.2 Å². The van der Waals surface area contributed by atoms with E-state index >= 15 is 0 Å². The number of hydrogen-bond donors (Lipinski definition) is 1. The van der Waals surface area contributed by atoms with Crippen molar-refractivity contribution in [1.29, 1.82) is 0 Å². The van der Waals surface area contributed by atoms with Crippen molar-refractivity contribution in [2.45, 2.75) is 30.8 Å². The Labute approximate surface area is 173 Å². The Morgan fingerprint density at radius 2 is 2.00 bits per heavy atom. The Morgan fingerprint density at radius 1 is 1.24 bits per heavy atom. The van der Waals surface area contributed by atoms with Gasteiger partial charge in [-0.25, -0.2) is 4.79 Å². The molecule has 3 aliphatic heterocycles. The van der Waals surface area contributed by atoms with Gasteiger partial charge in [-0.05, 0) is 40.0 Å². The molecule has 1 aromatic carbocycles. The molecule has 0 aromatic heterocycles. The predicted molar refractivity (Wildman–Crippen MR) is 98.4 cm³/mol. The summed E-state index contributed by atoms with van der Waals surface area (Å²) in [4.78, 5) is 27.6. The average Bonchev–Trinajstić information content (AvgIpc) is 2.61. The van der Waals surface area contributed by atoms with Gasteiger partial charge in [-0.3, -0.25) is 4.79 Å². The summed E-state index contributed by atoms with van der Waals surface area (Å²) in [6, 6.07) is 4.15. The second-order valence-corrected chi connectivity index (χ2v) is 8.23. The zero-order valence-electron chi connectivity index (χ0n) is 15.2. The van der Waals surface area contributed by atoms with Crippen molar-refractivity contribution in [3.63, 3.8) is 0 Å². The Bertz CT molecular complexity index is 816. The molecule has 3 aliphatic rings. The zero-order chi connectivity index (χ0) is 20.8. The fourth-order valence-electron chi connectivity index (χ4n) is 3.90. The van der Waals surface area contributed by atoms with Gasteiger partial charge in [-0.15, -0.1) is 13.2 Å². The van der Waals surface area contributed by atoms with Crippen LogP contribution in [0.25, 0.3) is 0 Å². The van der Waals surface area contributed by atoms with Crippen molar-refractivity contribution in [1.82, 2.24) is 15.1 Å². The molecule has 0 aliphatic carbocycles. The van der Waals surface area contributed by atoms with Crippen LogP contribution in [0.3, 0.4) is 0 Å². The zero-order valence-corrected chi connectivity index (χ0v) is 16.8. The molecule has 158 valence electrons. The van der Waals surface area contributed by atoms with E-state index in [-0.39, 0.29) is 46.8 Å². The number of nitrogens with one attached hydrogen (secondary N) is 1. The molecule has 1 N–H and O–H groups in total. The second kappa shape index (κ2) is 7.67. The summed E-state index contributed by atoms with van der Waals surface area (Å²) < 4.78 is 46.8. The molecule has 3 amide bonds. The van der Waals surface area contributed by atoms with Crippen molar-refractivity contribution >= 4 is 27.9 Å². The summed E-state index contributed by atoms with van der Waals surface area (Å²) in [7, 11) is 0. The number of hydrogen-bond acceptors (Lipinski definition) is 4. The number of amides is 3. The number of carbonyl (C=O) groups is 2. The lowest BCUT2D eigenvalue weighted by Gasteiger charge is -2.46. The summed E-state index contributed by atoms with van der Waals surface area (Å²) in [5.74, 6) is -0.424. The van der Waals surface area contributed by atoms with Gasteiger partial charge >= 0.3 is 12.4 Å². The topological polar surface area (TPSA) is 71.1 Å². The van der Waals surface area contributed by atoms with Gasteiger partial charge in [0.2, 0.25) is 5.91 Å². The molecule has 0 saturated carbocycles. The van der Waals surface area contributed by atoms with Gasteiger partial charge in [0.1, 0.15) is 12.4 Å². The van der Waals surface area contributed by atoms with Crippen LogP contribution in [0.2, 0.25) is 0 Å². The molecule has 2 atom stereocenters. The first kappa shape index (κ1) is 20.3. The SMILES string of the molecule is O=C1CO[C@H]2CCN(C(=O)N3CC(c4ccc(OC(F)(F)F)c(Br)c4)C3)C[C@H]2N1. The molecule has 29 heavy (non-hydrogen) atoms. The van der Waals surface area contributed by atoms with E-state index in [4.69, 9.17) is 4.74 Å². The number of morpholine rings is 1. The van der Waals surface area contributed by atoms with Gasteiger partial charge in [-0.1, -0.05) is 6.07 Å². The van der Waals surface area contributed by atoms with Crippen molar-refractivity contribution in [2.75, 3.05) is 32.8 Å². The fraction of sp³-hybridized carbons (Fsp3) is 0.556. The smallest absolute Gasteiger partial charge is 0.405 e. The van der Waals surface area contributed by atoms with E-state index in [0.29, 0.717) is 32.6 Å². The third-order valence-electron chi connectivity index (χ3n) is 5.40. The lowest BCUT2D eigenvalue weighted by atomic mass is 9.91. The number of alkyl halides is 3. The number of carbonyl (C=O) groups excluding carboxylic acids is 2. The minimum absolute atomic E-state index is 0.0467. The number of nitrogens with zero attached hydrogens (tertiary/aromatic N) is 2. The second-order valence-electron chi connectivity index (χ2n) is 7.38. The normalized spacial score (nSPS) is 25.2. The number of ether oxygens (including phenoxy) is 2. The number of piperidine rings is 1. The number of rotatable bonds is 2. The molecule has 4 rings (SSSR count). The van der Waals surface area contributed by atoms with Crippen LogP contribution in [0.5, 0.6) is 5.75 Å². The van der Waals surface area contributed by atoms with Gasteiger partial charge in [-0.2, -0.15) is 0 Å². The fourth-order valence-corrected chi connectivity index (χ4v) is 4.38. The highest BCUT2D eigenvalue weighted by atomic mass is 79.9. The maximum Gasteiger partial charge on any atom is 0.573 e. The first-order valence-corrected chi connectivity index (χ1v) is 9.99. The maximum absolute atomic E-state index is 12.7. The van der Waals surface area contributed by atoms with Crippen molar-refractivity contribution in [3.05, 3.63) is 28.2 Å². The summed E-state index contributed by atoms with van der Waals surface area (Å²) in [6.45, 7) is 2.00. The van der Waals surface area contributed by atoms with E-state index in [1.165, 1.54) is 6.07 Å².